The van der Waals surface area contributed by atoms with Crippen molar-refractivity contribution in [2.45, 2.75) is 60.8 Å². The molecule has 0 aliphatic carbocycles. The Morgan fingerprint density at radius 2 is 1.29 bits per heavy atom. The first kappa shape index (κ1) is 23.2. The van der Waals surface area contributed by atoms with Crippen molar-refractivity contribution in [2.75, 3.05) is 52.9 Å². The van der Waals surface area contributed by atoms with Crippen LogP contribution in [0.2, 0.25) is 0 Å². The van der Waals surface area contributed by atoms with Gasteiger partial charge in [0.1, 0.15) is 0 Å². The summed E-state index contributed by atoms with van der Waals surface area (Å²) in [5.41, 5.74) is 0. The van der Waals surface area contributed by atoms with Crippen molar-refractivity contribution in [3.05, 3.63) is 0 Å². The molecule has 0 bridgehead atoms. The van der Waals surface area contributed by atoms with Crippen LogP contribution in [0.5, 0.6) is 0 Å². The summed E-state index contributed by atoms with van der Waals surface area (Å²) in [6.45, 7) is 21.1. The molecule has 2 aliphatic heterocycles. The third kappa shape index (κ3) is 13.3. The molecule has 0 saturated carbocycles. The van der Waals surface area contributed by atoms with Crippen molar-refractivity contribution in [1.82, 2.24) is 15.1 Å². The Bertz CT molecular complexity index is 171. The number of nitrogens with zero attached hydrogens (tertiary/aromatic N) is 2. The van der Waals surface area contributed by atoms with Gasteiger partial charge in [-0.1, -0.05) is 48.0 Å². The largest absolute Gasteiger partial charge is 0.317 e. The summed E-state index contributed by atoms with van der Waals surface area (Å²) in [6.07, 6.45) is 4.01. The fourth-order valence-electron chi connectivity index (χ4n) is 2.46. The van der Waals surface area contributed by atoms with Crippen LogP contribution in [-0.2, 0) is 0 Å². The smallest absolute Gasteiger partial charge is 0.0110 e. The molecule has 0 amide bonds. The van der Waals surface area contributed by atoms with Gasteiger partial charge < -0.3 is 15.1 Å². The van der Waals surface area contributed by atoms with Crippen molar-refractivity contribution in [1.29, 1.82) is 0 Å². The lowest BCUT2D eigenvalue weighted by Crippen LogP contribution is -2.47. The summed E-state index contributed by atoms with van der Waals surface area (Å²) < 4.78 is 0. The molecule has 0 spiro atoms. The summed E-state index contributed by atoms with van der Waals surface area (Å²) in [5, 5.41) is 3.43. The predicted molar refractivity (Wildman–Crippen MR) is 98.2 cm³/mol. The Labute approximate surface area is 135 Å². The van der Waals surface area contributed by atoms with Crippen molar-refractivity contribution in [3.8, 4) is 0 Å². The van der Waals surface area contributed by atoms with Crippen LogP contribution < -0.4 is 5.32 Å². The lowest BCUT2D eigenvalue weighted by Gasteiger charge is -2.35. The molecule has 0 aromatic heterocycles. The monoisotopic (exact) mass is 301 g/mol. The Hall–Kier alpha value is -0.120. The summed E-state index contributed by atoms with van der Waals surface area (Å²) in [7, 11) is 2.22. The van der Waals surface area contributed by atoms with Crippen LogP contribution in [0.4, 0.5) is 0 Å². The summed E-state index contributed by atoms with van der Waals surface area (Å²) in [6, 6.07) is 0. The van der Waals surface area contributed by atoms with Gasteiger partial charge in [0.05, 0.1) is 0 Å². The quantitative estimate of drug-likeness (QED) is 0.839. The second kappa shape index (κ2) is 17.9. The second-order valence-corrected chi connectivity index (χ2v) is 5.50. The fourth-order valence-corrected chi connectivity index (χ4v) is 2.46. The zero-order chi connectivity index (χ0) is 16.5. The van der Waals surface area contributed by atoms with Gasteiger partial charge in [0, 0.05) is 32.7 Å². The molecular weight excluding hydrogens is 258 g/mol. The molecule has 21 heavy (non-hydrogen) atoms. The highest BCUT2D eigenvalue weighted by molar-refractivity contribution is 4.75. The van der Waals surface area contributed by atoms with Crippen LogP contribution in [0.25, 0.3) is 0 Å². The van der Waals surface area contributed by atoms with Crippen molar-refractivity contribution in [3.63, 3.8) is 0 Å². The van der Waals surface area contributed by atoms with E-state index in [1.54, 1.807) is 0 Å². The lowest BCUT2D eigenvalue weighted by atomic mass is 9.97. The normalized spacial score (nSPS) is 20.1. The van der Waals surface area contributed by atoms with Gasteiger partial charge in [-0.25, -0.2) is 0 Å². The second-order valence-electron chi connectivity index (χ2n) is 5.50. The van der Waals surface area contributed by atoms with E-state index in [2.05, 4.69) is 36.0 Å². The molecule has 0 unspecified atom stereocenters. The molecule has 2 saturated heterocycles. The van der Waals surface area contributed by atoms with E-state index in [-0.39, 0.29) is 0 Å². The number of hydrogen-bond donors (Lipinski definition) is 1. The Morgan fingerprint density at radius 3 is 1.71 bits per heavy atom. The maximum absolute atomic E-state index is 3.43. The molecule has 0 aromatic carbocycles. The van der Waals surface area contributed by atoms with Crippen LogP contribution in [-0.4, -0.2) is 62.7 Å². The standard InChI is InChI=1S/C11H23N3.C3H8.2C2H6/c1-13-6-8-14(9-7-13)10-11-2-4-12-5-3-11;1-3-2;2*1-2/h11-12H,2-10H2,1H3;3H2,1-2H3;2*1-2H3. The number of hydrogen-bond acceptors (Lipinski definition) is 3. The molecule has 2 aliphatic rings. The molecule has 3 nitrogen and oxygen atoms in total. The Balaban J connectivity index is 0. The highest BCUT2D eigenvalue weighted by Crippen LogP contribution is 2.14. The Morgan fingerprint density at radius 1 is 0.857 bits per heavy atom. The summed E-state index contributed by atoms with van der Waals surface area (Å²) in [4.78, 5) is 5.08. The number of rotatable bonds is 2. The highest BCUT2D eigenvalue weighted by atomic mass is 15.2. The van der Waals surface area contributed by atoms with E-state index in [9.17, 15) is 0 Å². The van der Waals surface area contributed by atoms with Crippen LogP contribution in [0.1, 0.15) is 60.8 Å². The third-order valence-corrected chi connectivity index (χ3v) is 3.57. The van der Waals surface area contributed by atoms with Gasteiger partial charge in [-0.05, 0) is 38.9 Å². The Kier molecular flexibility index (Phi) is 19.8. The van der Waals surface area contributed by atoms with E-state index < -0.39 is 0 Å². The minimum absolute atomic E-state index is 0.958. The van der Waals surface area contributed by atoms with Gasteiger partial charge in [0.2, 0.25) is 0 Å². The first-order chi connectivity index (χ1) is 10.3. The molecule has 0 aromatic rings. The first-order valence-corrected chi connectivity index (χ1v) is 9.37. The minimum atomic E-state index is 0.958. The van der Waals surface area contributed by atoms with Crippen molar-refractivity contribution < 1.29 is 0 Å². The average molecular weight is 302 g/mol. The van der Waals surface area contributed by atoms with Crippen LogP contribution in [0.3, 0.4) is 0 Å². The maximum atomic E-state index is 3.43. The maximum Gasteiger partial charge on any atom is 0.0110 e. The van der Waals surface area contributed by atoms with Gasteiger partial charge in [-0.2, -0.15) is 0 Å². The van der Waals surface area contributed by atoms with Gasteiger partial charge in [-0.3, -0.25) is 0 Å². The molecule has 2 fully saturated rings. The fraction of sp³-hybridized carbons (Fsp3) is 1.00. The molecule has 3 heteroatoms. The minimum Gasteiger partial charge on any atom is -0.317 e. The van der Waals surface area contributed by atoms with Crippen molar-refractivity contribution >= 4 is 0 Å². The van der Waals surface area contributed by atoms with E-state index in [1.807, 2.05) is 27.7 Å². The topological polar surface area (TPSA) is 18.5 Å². The SMILES string of the molecule is CC.CC.CCC.CN1CCN(CC2CCNCC2)CC1. The van der Waals surface area contributed by atoms with Crippen LogP contribution >= 0.6 is 0 Å². The zero-order valence-corrected chi connectivity index (χ0v) is 16.0. The molecular formula is C18H43N3. The van der Waals surface area contributed by atoms with Crippen LogP contribution in [0.15, 0.2) is 0 Å². The predicted octanol–water partition coefficient (Wildman–Crippen LogP) is 3.70. The first-order valence-electron chi connectivity index (χ1n) is 9.37. The average Bonchev–Trinajstić information content (AvgIpc) is 2.55. The van der Waals surface area contributed by atoms with E-state index in [0.29, 0.717) is 0 Å². The van der Waals surface area contributed by atoms with Crippen molar-refractivity contribution in [2.24, 2.45) is 5.92 Å². The van der Waals surface area contributed by atoms with Gasteiger partial charge >= 0.3 is 0 Å². The zero-order valence-electron chi connectivity index (χ0n) is 16.0. The molecule has 0 atom stereocenters. The number of nitrogens with one attached hydrogen (secondary N) is 1. The number of likely N-dealkylation sites (N-methyl/N-ethyl adjacent to an activating group) is 1. The van der Waals surface area contributed by atoms with Crippen LogP contribution in [0, 0.1) is 5.92 Å². The summed E-state index contributed by atoms with van der Waals surface area (Å²) >= 11 is 0. The van der Waals surface area contributed by atoms with E-state index in [0.717, 1.165) is 5.92 Å². The van der Waals surface area contributed by atoms with Gasteiger partial charge in [0.15, 0.2) is 0 Å². The molecule has 0 radical (unpaired) electrons. The third-order valence-electron chi connectivity index (χ3n) is 3.57. The molecule has 2 heterocycles. The molecule has 1 N–H and O–H groups in total. The lowest BCUT2D eigenvalue weighted by molar-refractivity contribution is 0.127. The van der Waals surface area contributed by atoms with E-state index >= 15 is 0 Å². The summed E-state index contributed by atoms with van der Waals surface area (Å²) in [5.74, 6) is 0.958. The number of piperidine rings is 1. The van der Waals surface area contributed by atoms with Gasteiger partial charge in [-0.15, -0.1) is 0 Å². The molecule has 130 valence electrons. The number of piperazine rings is 1. The van der Waals surface area contributed by atoms with Gasteiger partial charge in [0.25, 0.3) is 0 Å². The molecule has 2 rings (SSSR count). The van der Waals surface area contributed by atoms with E-state index in [4.69, 9.17) is 0 Å². The van der Waals surface area contributed by atoms with E-state index in [1.165, 1.54) is 65.1 Å². The highest BCUT2D eigenvalue weighted by Gasteiger charge is 2.19.